The highest BCUT2D eigenvalue weighted by Gasteiger charge is 2.08. The molecule has 132 valence electrons. The van der Waals surface area contributed by atoms with Gasteiger partial charge in [0.05, 0.1) is 18.4 Å². The summed E-state index contributed by atoms with van der Waals surface area (Å²) in [5.74, 6) is 0.623. The Morgan fingerprint density at radius 1 is 1.08 bits per heavy atom. The lowest BCUT2D eigenvalue weighted by atomic mass is 10.2. The van der Waals surface area contributed by atoms with Gasteiger partial charge in [0.1, 0.15) is 17.4 Å². The van der Waals surface area contributed by atoms with Crippen molar-refractivity contribution in [3.05, 3.63) is 77.7 Å². The highest BCUT2D eigenvalue weighted by Crippen LogP contribution is 2.27. The minimum absolute atomic E-state index is 0.316. The van der Waals surface area contributed by atoms with E-state index in [1.54, 1.807) is 19.2 Å². The number of benzene rings is 2. The molecule has 26 heavy (non-hydrogen) atoms. The van der Waals surface area contributed by atoms with Crippen molar-refractivity contribution >= 4 is 23.1 Å². The lowest BCUT2D eigenvalue weighted by molar-refractivity contribution is 0.102. The molecule has 3 rings (SSSR count). The number of anilines is 3. The Bertz CT molecular complexity index is 909. The number of nitrogens with one attached hydrogen (secondary N) is 2. The van der Waals surface area contributed by atoms with E-state index in [1.165, 1.54) is 30.5 Å². The highest BCUT2D eigenvalue weighted by atomic mass is 19.1. The van der Waals surface area contributed by atoms with Crippen LogP contribution < -0.4 is 15.4 Å². The Balaban J connectivity index is 1.71. The van der Waals surface area contributed by atoms with Gasteiger partial charge in [-0.25, -0.2) is 9.37 Å². The zero-order chi connectivity index (χ0) is 18.5. The molecule has 2 N–H and O–H groups in total. The average molecular weight is 351 g/mol. The Morgan fingerprint density at radius 2 is 1.85 bits per heavy atom. The Morgan fingerprint density at radius 3 is 2.50 bits per heavy atom. The second kappa shape index (κ2) is 7.65. The predicted molar refractivity (Wildman–Crippen MR) is 99.6 cm³/mol. The quantitative estimate of drug-likeness (QED) is 0.709. The average Bonchev–Trinajstić information content (AvgIpc) is 2.64. The number of halogens is 1. The molecule has 0 aliphatic heterocycles. The van der Waals surface area contributed by atoms with E-state index in [0.717, 1.165) is 11.3 Å². The van der Waals surface area contributed by atoms with Crippen LogP contribution >= 0.6 is 0 Å². The highest BCUT2D eigenvalue weighted by molar-refractivity contribution is 6.04. The van der Waals surface area contributed by atoms with E-state index in [-0.39, 0.29) is 11.7 Å². The number of methoxy groups -OCH3 is 1. The first-order valence-corrected chi connectivity index (χ1v) is 8.00. The van der Waals surface area contributed by atoms with E-state index < -0.39 is 0 Å². The third-order valence-electron chi connectivity index (χ3n) is 3.75. The summed E-state index contributed by atoms with van der Waals surface area (Å²) in [6, 6.07) is 14.7. The van der Waals surface area contributed by atoms with Crippen molar-refractivity contribution in [3.63, 3.8) is 0 Å². The largest absolute Gasteiger partial charge is 0.495 e. The smallest absolute Gasteiger partial charge is 0.257 e. The number of carbonyl (C=O) groups excluding carboxylic acids is 1. The maximum Gasteiger partial charge on any atom is 0.257 e. The van der Waals surface area contributed by atoms with Crippen LogP contribution in [0.3, 0.4) is 0 Å². The summed E-state index contributed by atoms with van der Waals surface area (Å²) < 4.78 is 18.2. The Labute approximate surface area is 150 Å². The van der Waals surface area contributed by atoms with Gasteiger partial charge in [-0.05, 0) is 61.0 Å². The van der Waals surface area contributed by atoms with Crippen LogP contribution in [0.2, 0.25) is 0 Å². The molecular weight excluding hydrogens is 333 g/mol. The van der Waals surface area contributed by atoms with Crippen LogP contribution in [0.15, 0.2) is 60.8 Å². The molecule has 0 radical (unpaired) electrons. The van der Waals surface area contributed by atoms with E-state index in [2.05, 4.69) is 15.6 Å². The number of amides is 1. The van der Waals surface area contributed by atoms with E-state index in [4.69, 9.17) is 4.74 Å². The fraction of sp³-hybridized carbons (Fsp3) is 0.100. The van der Waals surface area contributed by atoms with Gasteiger partial charge in [-0.1, -0.05) is 6.07 Å². The van der Waals surface area contributed by atoms with Gasteiger partial charge < -0.3 is 15.4 Å². The second-order valence-corrected chi connectivity index (χ2v) is 5.72. The summed E-state index contributed by atoms with van der Waals surface area (Å²) in [6.07, 6.45) is 1.48. The molecule has 0 saturated carbocycles. The van der Waals surface area contributed by atoms with E-state index in [0.29, 0.717) is 22.8 Å². The Kier molecular flexibility index (Phi) is 5.12. The summed E-state index contributed by atoms with van der Waals surface area (Å²) in [4.78, 5) is 16.5. The fourth-order valence-electron chi connectivity index (χ4n) is 2.40. The number of rotatable bonds is 5. The fourth-order valence-corrected chi connectivity index (χ4v) is 2.40. The summed E-state index contributed by atoms with van der Waals surface area (Å²) in [5.41, 5.74) is 2.80. The molecule has 1 amide bonds. The molecule has 0 aliphatic carbocycles. The first kappa shape index (κ1) is 17.4. The topological polar surface area (TPSA) is 63.2 Å². The third kappa shape index (κ3) is 4.16. The number of pyridine rings is 1. The normalized spacial score (nSPS) is 10.3. The number of aromatic nitrogens is 1. The van der Waals surface area contributed by atoms with Gasteiger partial charge in [-0.2, -0.15) is 0 Å². The molecule has 0 fully saturated rings. The number of ether oxygens (including phenoxy) is 1. The van der Waals surface area contributed by atoms with Crippen molar-refractivity contribution in [3.8, 4) is 5.75 Å². The lowest BCUT2D eigenvalue weighted by Gasteiger charge is -2.12. The first-order chi connectivity index (χ1) is 12.5. The van der Waals surface area contributed by atoms with E-state index in [9.17, 15) is 9.18 Å². The minimum Gasteiger partial charge on any atom is -0.495 e. The van der Waals surface area contributed by atoms with Gasteiger partial charge in [-0.15, -0.1) is 0 Å². The summed E-state index contributed by atoms with van der Waals surface area (Å²) in [5, 5.41) is 5.87. The van der Waals surface area contributed by atoms with Crippen LogP contribution in [0.5, 0.6) is 5.75 Å². The first-order valence-electron chi connectivity index (χ1n) is 8.00. The van der Waals surface area contributed by atoms with Crippen molar-refractivity contribution < 1.29 is 13.9 Å². The monoisotopic (exact) mass is 351 g/mol. The number of aryl methyl sites for hydroxylation is 1. The maximum absolute atomic E-state index is 12.9. The molecule has 0 bridgehead atoms. The van der Waals surface area contributed by atoms with Crippen molar-refractivity contribution in [1.29, 1.82) is 0 Å². The molecule has 0 atom stereocenters. The predicted octanol–water partition coefficient (Wildman–Crippen LogP) is 4.53. The van der Waals surface area contributed by atoms with Crippen molar-refractivity contribution in [1.82, 2.24) is 4.98 Å². The summed E-state index contributed by atoms with van der Waals surface area (Å²) in [6.45, 7) is 1.99. The number of hydrogen-bond donors (Lipinski definition) is 2. The number of hydrogen-bond acceptors (Lipinski definition) is 4. The summed E-state index contributed by atoms with van der Waals surface area (Å²) in [7, 11) is 1.60. The van der Waals surface area contributed by atoms with Gasteiger partial charge in [0, 0.05) is 11.9 Å². The molecule has 5 nitrogen and oxygen atoms in total. The molecule has 2 aromatic carbocycles. The third-order valence-corrected chi connectivity index (χ3v) is 3.75. The van der Waals surface area contributed by atoms with Gasteiger partial charge in [0.25, 0.3) is 5.91 Å². The molecule has 3 aromatic rings. The van der Waals surface area contributed by atoms with Gasteiger partial charge in [-0.3, -0.25) is 4.79 Å². The maximum atomic E-state index is 12.9. The zero-order valence-electron chi connectivity index (χ0n) is 14.4. The van der Waals surface area contributed by atoms with Crippen molar-refractivity contribution in [2.75, 3.05) is 17.7 Å². The Hall–Kier alpha value is -3.41. The lowest BCUT2D eigenvalue weighted by Crippen LogP contribution is -2.12. The number of nitrogens with zero attached hydrogens (tertiary/aromatic N) is 1. The molecule has 6 heteroatoms. The van der Waals surface area contributed by atoms with E-state index in [1.807, 2.05) is 25.1 Å². The molecular formula is C20H18FN3O2. The zero-order valence-corrected chi connectivity index (χ0v) is 14.4. The molecule has 0 saturated heterocycles. The second-order valence-electron chi connectivity index (χ2n) is 5.72. The molecule has 0 aliphatic rings. The molecule has 1 aromatic heterocycles. The van der Waals surface area contributed by atoms with Crippen molar-refractivity contribution in [2.45, 2.75) is 6.92 Å². The molecule has 1 heterocycles. The standard InChI is InChI=1S/C20H18FN3O2/c1-13-3-9-18(26-2)17(11-13)24-19-10-4-14(12-22-19)20(25)23-16-7-5-15(21)6-8-16/h3-12H,1-2H3,(H,22,24)(H,23,25). The number of carbonyl (C=O) groups is 1. The molecule has 0 unspecified atom stereocenters. The van der Waals surface area contributed by atoms with Crippen LogP contribution in [0.25, 0.3) is 0 Å². The van der Waals surface area contributed by atoms with Gasteiger partial charge in [0.2, 0.25) is 0 Å². The van der Waals surface area contributed by atoms with Crippen LogP contribution in [0, 0.1) is 12.7 Å². The van der Waals surface area contributed by atoms with E-state index >= 15 is 0 Å². The molecule has 0 spiro atoms. The van der Waals surface area contributed by atoms with Crippen molar-refractivity contribution in [2.24, 2.45) is 0 Å². The minimum atomic E-state index is -0.355. The van der Waals surface area contributed by atoms with Gasteiger partial charge in [0.15, 0.2) is 0 Å². The van der Waals surface area contributed by atoms with Crippen LogP contribution in [-0.2, 0) is 0 Å². The van der Waals surface area contributed by atoms with Crippen LogP contribution in [0.4, 0.5) is 21.6 Å². The van der Waals surface area contributed by atoms with Gasteiger partial charge >= 0.3 is 0 Å². The van der Waals surface area contributed by atoms with Crippen LogP contribution in [-0.4, -0.2) is 18.0 Å². The SMILES string of the molecule is COc1ccc(C)cc1Nc1ccc(C(=O)Nc2ccc(F)cc2)cn1. The van der Waals surface area contributed by atoms with Crippen LogP contribution in [0.1, 0.15) is 15.9 Å². The summed E-state index contributed by atoms with van der Waals surface area (Å²) >= 11 is 0.